The fourth-order valence-corrected chi connectivity index (χ4v) is 8.20. The van der Waals surface area contributed by atoms with Crippen LogP contribution in [0.3, 0.4) is 0 Å². The molecule has 10 aromatic rings. The molecule has 0 bridgehead atoms. The molecule has 0 unspecified atom stereocenters. The standard InChI is InChI=1S/C30H22BrN.C18H15N.C12H8BrI/c31-27-13-7-11-25(21-27)26-12-8-16-30(22-26)32(28-14-5-2-6-15-28)29-19-17-24(18-20-29)23-9-3-1-4-10-23;1-3-7-15(8-4-1)16-11-13-18(14-12-16)19-17-9-5-2-6-10-17;13-11-5-1-3-9(7-11)10-4-2-6-12(14)8-10/h1-22H;1-14,19H;1-8H/i2D,5D,6D,14D,15D;2D,5D,6D,9D,10D;. The summed E-state index contributed by atoms with van der Waals surface area (Å²) in [5.41, 5.74) is 10.9. The predicted molar refractivity (Wildman–Crippen MR) is 294 cm³/mol. The molecule has 0 fully saturated rings. The van der Waals surface area contributed by atoms with E-state index in [4.69, 9.17) is 13.7 Å². The molecule has 0 amide bonds. The molecule has 0 saturated heterocycles. The molecule has 1 N–H and O–H groups in total. The fourth-order valence-electron chi connectivity index (χ4n) is 6.86. The van der Waals surface area contributed by atoms with Crippen molar-refractivity contribution in [1.29, 1.82) is 0 Å². The van der Waals surface area contributed by atoms with Gasteiger partial charge >= 0.3 is 0 Å². The van der Waals surface area contributed by atoms with Crippen LogP contribution in [0.1, 0.15) is 13.7 Å². The van der Waals surface area contributed by atoms with Gasteiger partial charge in [-0.2, -0.15) is 0 Å². The highest BCUT2D eigenvalue weighted by molar-refractivity contribution is 14.1. The Morgan fingerprint density at radius 2 is 0.769 bits per heavy atom. The second-order valence-electron chi connectivity index (χ2n) is 14.4. The van der Waals surface area contributed by atoms with Crippen molar-refractivity contribution in [3.8, 4) is 44.5 Å². The molecule has 0 atom stereocenters. The lowest BCUT2D eigenvalue weighted by molar-refractivity contribution is 1.28. The van der Waals surface area contributed by atoms with Crippen LogP contribution in [0.2, 0.25) is 0 Å². The molecule has 316 valence electrons. The number of nitrogens with one attached hydrogen (secondary N) is 1. The molecule has 5 heteroatoms. The van der Waals surface area contributed by atoms with Crippen LogP contribution in [0, 0.1) is 3.57 Å². The number of nitrogens with zero attached hydrogens (tertiary/aromatic N) is 1. The van der Waals surface area contributed by atoms with Gasteiger partial charge in [-0.15, -0.1) is 0 Å². The van der Waals surface area contributed by atoms with Gasteiger partial charge in [0.15, 0.2) is 0 Å². The van der Waals surface area contributed by atoms with Crippen LogP contribution in [-0.4, -0.2) is 0 Å². The molecule has 65 heavy (non-hydrogen) atoms. The van der Waals surface area contributed by atoms with E-state index in [1.54, 1.807) is 4.90 Å². The van der Waals surface area contributed by atoms with Gasteiger partial charge in [-0.1, -0.05) is 202 Å². The maximum atomic E-state index is 8.67. The molecule has 0 heterocycles. The van der Waals surface area contributed by atoms with Gasteiger partial charge in [0, 0.05) is 41.0 Å². The Kier molecular flexibility index (Phi) is 12.0. The first-order valence-corrected chi connectivity index (χ1v) is 23.2. The average molecular weight is 1090 g/mol. The minimum Gasteiger partial charge on any atom is -0.356 e. The van der Waals surface area contributed by atoms with Gasteiger partial charge in [-0.05, 0) is 164 Å². The molecule has 10 rings (SSSR count). The predicted octanol–water partition coefficient (Wildman–Crippen LogP) is 19.1. The summed E-state index contributed by atoms with van der Waals surface area (Å²) in [4.78, 5) is 1.73. The lowest BCUT2D eigenvalue weighted by Crippen LogP contribution is -2.09. The summed E-state index contributed by atoms with van der Waals surface area (Å²) in [6, 6.07) is 64.5. The van der Waals surface area contributed by atoms with Gasteiger partial charge in [-0.3, -0.25) is 0 Å². The number of halogens is 3. The Morgan fingerprint density at radius 1 is 0.338 bits per heavy atom. The minimum absolute atomic E-state index is 0.0773. The topological polar surface area (TPSA) is 15.3 Å². The first kappa shape index (κ1) is 33.9. The first-order chi connectivity index (χ1) is 36.1. The van der Waals surface area contributed by atoms with Crippen molar-refractivity contribution in [1.82, 2.24) is 0 Å². The molecule has 0 saturated carbocycles. The number of anilines is 5. The fraction of sp³-hybridized carbons (Fsp3) is 0. The van der Waals surface area contributed by atoms with Crippen LogP contribution < -0.4 is 10.2 Å². The van der Waals surface area contributed by atoms with Crippen LogP contribution in [0.15, 0.2) is 276 Å². The van der Waals surface area contributed by atoms with Crippen molar-refractivity contribution in [2.24, 2.45) is 0 Å². The summed E-state index contributed by atoms with van der Waals surface area (Å²) >= 11 is 9.33. The van der Waals surface area contributed by atoms with Crippen LogP contribution in [-0.2, 0) is 0 Å². The molecular formula is C60H45Br2IN2. The average Bonchev–Trinajstić information content (AvgIpc) is 3.44. The van der Waals surface area contributed by atoms with E-state index in [1.165, 1.54) is 14.7 Å². The smallest absolute Gasteiger partial charge is 0.0645 e. The van der Waals surface area contributed by atoms with Crippen LogP contribution >= 0.6 is 54.5 Å². The van der Waals surface area contributed by atoms with Crippen molar-refractivity contribution in [3.05, 3.63) is 279 Å². The third-order valence-electron chi connectivity index (χ3n) is 9.95. The van der Waals surface area contributed by atoms with E-state index in [9.17, 15) is 0 Å². The monoisotopic (exact) mass is 1090 g/mol. The number of para-hydroxylation sites is 2. The van der Waals surface area contributed by atoms with Crippen molar-refractivity contribution in [2.75, 3.05) is 10.2 Å². The van der Waals surface area contributed by atoms with Gasteiger partial charge in [0.1, 0.15) is 0 Å². The van der Waals surface area contributed by atoms with Crippen LogP contribution in [0.4, 0.5) is 28.4 Å². The Labute approximate surface area is 427 Å². The number of hydrogen-bond donors (Lipinski definition) is 1. The van der Waals surface area contributed by atoms with E-state index < -0.39 is 12.1 Å². The maximum Gasteiger partial charge on any atom is 0.0645 e. The SMILES string of the molecule is Brc1cccc(-c2cccc(I)c2)c1.[2H]c1c([2H])c([2H])c(N(c2ccc(-c3ccccc3)cc2)c2cccc(-c3cccc(Br)c3)c2)c([2H])c1[2H].[2H]c1c([2H])c([2H])c(Nc2ccc(-c3ccccc3)cc2)c([2H])c1[2H]. The van der Waals surface area contributed by atoms with Crippen molar-refractivity contribution >= 4 is 82.9 Å². The van der Waals surface area contributed by atoms with Gasteiger partial charge < -0.3 is 10.2 Å². The van der Waals surface area contributed by atoms with Gasteiger partial charge in [0.05, 0.1) is 13.7 Å². The zero-order chi connectivity index (χ0) is 53.3. The van der Waals surface area contributed by atoms with Crippen molar-refractivity contribution in [3.63, 3.8) is 0 Å². The molecule has 10 aromatic carbocycles. The highest BCUT2D eigenvalue weighted by atomic mass is 127. The van der Waals surface area contributed by atoms with Crippen LogP contribution in [0.25, 0.3) is 44.5 Å². The number of benzene rings is 10. The second kappa shape index (κ2) is 22.9. The van der Waals surface area contributed by atoms with Gasteiger partial charge in [0.2, 0.25) is 0 Å². The van der Waals surface area contributed by atoms with E-state index in [0.717, 1.165) is 42.3 Å². The van der Waals surface area contributed by atoms with Crippen molar-refractivity contribution in [2.45, 2.75) is 0 Å². The maximum absolute atomic E-state index is 8.67. The van der Waals surface area contributed by atoms with Crippen LogP contribution in [0.5, 0.6) is 0 Å². The molecule has 0 spiro atoms. The van der Waals surface area contributed by atoms with E-state index in [-0.39, 0.29) is 59.7 Å². The zero-order valence-corrected chi connectivity index (χ0v) is 40.0. The van der Waals surface area contributed by atoms with E-state index in [0.29, 0.717) is 17.1 Å². The highest BCUT2D eigenvalue weighted by Gasteiger charge is 2.14. The minimum atomic E-state index is -0.416. The van der Waals surface area contributed by atoms with E-state index in [2.05, 4.69) is 102 Å². The lowest BCUT2D eigenvalue weighted by atomic mass is 10.0. The largest absolute Gasteiger partial charge is 0.356 e. The van der Waals surface area contributed by atoms with Gasteiger partial charge in [0.25, 0.3) is 0 Å². The summed E-state index contributed by atoms with van der Waals surface area (Å²) in [6.45, 7) is 0. The van der Waals surface area contributed by atoms with E-state index >= 15 is 0 Å². The first-order valence-electron chi connectivity index (χ1n) is 25.5. The molecule has 0 aliphatic rings. The second-order valence-corrected chi connectivity index (χ2v) is 17.4. The van der Waals surface area contributed by atoms with Gasteiger partial charge in [-0.25, -0.2) is 0 Å². The summed E-state index contributed by atoms with van der Waals surface area (Å²) in [7, 11) is 0. The Hall–Kier alpha value is -6.51. The molecule has 0 aliphatic carbocycles. The number of rotatable bonds is 9. The summed E-state index contributed by atoms with van der Waals surface area (Å²) in [5, 5.41) is 2.93. The molecule has 2 nitrogen and oxygen atoms in total. The molecule has 0 aliphatic heterocycles. The normalized spacial score (nSPS) is 12.5. The summed E-state index contributed by atoms with van der Waals surface area (Å²) < 4.78 is 84.1. The Balaban J connectivity index is 0.000000167. The lowest BCUT2D eigenvalue weighted by Gasteiger charge is -2.26. The zero-order valence-electron chi connectivity index (χ0n) is 44.7. The Morgan fingerprint density at radius 3 is 1.29 bits per heavy atom. The number of hydrogen-bond acceptors (Lipinski definition) is 2. The molecular weight excluding hydrogens is 1040 g/mol. The third kappa shape index (κ3) is 12.8. The Bertz CT molecular complexity index is 3520. The molecule has 0 radical (unpaired) electrons. The van der Waals surface area contributed by atoms with Crippen molar-refractivity contribution < 1.29 is 13.7 Å². The summed E-state index contributed by atoms with van der Waals surface area (Å²) in [6.07, 6.45) is 0. The molecule has 0 aromatic heterocycles. The quantitative estimate of drug-likeness (QED) is 0.145. The van der Waals surface area contributed by atoms with E-state index in [1.807, 2.05) is 164 Å². The third-order valence-corrected chi connectivity index (χ3v) is 11.6. The summed E-state index contributed by atoms with van der Waals surface area (Å²) in [5.74, 6) is 0. The highest BCUT2D eigenvalue weighted by Crippen LogP contribution is 2.37.